The van der Waals surface area contributed by atoms with Gasteiger partial charge in [0.2, 0.25) is 0 Å². The van der Waals surface area contributed by atoms with Crippen LogP contribution in [0.15, 0.2) is 72.9 Å². The lowest BCUT2D eigenvalue weighted by atomic mass is 10.1. The molecule has 0 aromatic rings. The van der Waals surface area contributed by atoms with Gasteiger partial charge >= 0.3 is 5.97 Å². The Morgan fingerprint density at radius 1 is 0.769 bits per heavy atom. The minimum Gasteiger partial charge on any atom is -0.478 e. The molecule has 3 N–H and O–H groups in total. The zero-order valence-corrected chi connectivity index (χ0v) is 15.6. The molecule has 0 aliphatic carbocycles. The van der Waals surface area contributed by atoms with Crippen LogP contribution in [0.4, 0.5) is 0 Å². The van der Waals surface area contributed by atoms with Gasteiger partial charge in [-0.05, 0) is 19.3 Å². The fourth-order valence-corrected chi connectivity index (χ4v) is 2.05. The summed E-state index contributed by atoms with van der Waals surface area (Å²) in [4.78, 5) is 10.2. The quantitative estimate of drug-likeness (QED) is 0.242. The van der Waals surface area contributed by atoms with Gasteiger partial charge in [0.05, 0.1) is 12.2 Å². The van der Waals surface area contributed by atoms with Crippen LogP contribution in [0.1, 0.15) is 45.4 Å². The Balaban J connectivity index is 3.80. The molecule has 2 atom stereocenters. The van der Waals surface area contributed by atoms with Gasteiger partial charge in [-0.2, -0.15) is 0 Å². The molecular weight excluding hydrogens is 328 g/mol. The molecule has 0 aliphatic rings. The first-order valence-corrected chi connectivity index (χ1v) is 9.16. The van der Waals surface area contributed by atoms with E-state index in [1.807, 2.05) is 43.4 Å². The highest BCUT2D eigenvalue weighted by molar-refractivity contribution is 5.80. The van der Waals surface area contributed by atoms with Crippen LogP contribution in [-0.4, -0.2) is 33.5 Å². The number of aliphatic hydroxyl groups excluding tert-OH is 2. The van der Waals surface area contributed by atoms with Crippen LogP contribution < -0.4 is 0 Å². The fourth-order valence-electron chi connectivity index (χ4n) is 2.05. The highest BCUT2D eigenvalue weighted by Crippen LogP contribution is 2.09. The maximum Gasteiger partial charge on any atom is 0.328 e. The van der Waals surface area contributed by atoms with Crippen molar-refractivity contribution in [2.45, 2.75) is 57.7 Å². The normalized spacial score (nSPS) is 15.5. The van der Waals surface area contributed by atoms with Crippen molar-refractivity contribution in [1.29, 1.82) is 0 Å². The van der Waals surface area contributed by atoms with Gasteiger partial charge in [-0.3, -0.25) is 0 Å². The van der Waals surface area contributed by atoms with E-state index in [0.29, 0.717) is 0 Å². The first-order chi connectivity index (χ1) is 12.6. The molecule has 0 radical (unpaired) electrons. The molecule has 0 rings (SSSR count). The van der Waals surface area contributed by atoms with Gasteiger partial charge in [0.25, 0.3) is 0 Å². The molecule has 26 heavy (non-hydrogen) atoms. The first-order valence-electron chi connectivity index (χ1n) is 9.16. The number of carboxylic acids is 1. The summed E-state index contributed by atoms with van der Waals surface area (Å²) in [5.41, 5.74) is 0. The van der Waals surface area contributed by atoms with Crippen LogP contribution in [0.5, 0.6) is 0 Å². The summed E-state index contributed by atoms with van der Waals surface area (Å²) in [6.45, 7) is 1.98. The summed E-state index contributed by atoms with van der Waals surface area (Å²) in [5.74, 6) is -0.964. The summed E-state index contributed by atoms with van der Waals surface area (Å²) in [7, 11) is 0. The second kappa shape index (κ2) is 17.6. The topological polar surface area (TPSA) is 77.8 Å². The Labute approximate surface area is 157 Å². The molecule has 2 unspecified atom stereocenters. The molecule has 0 bridgehead atoms. The van der Waals surface area contributed by atoms with Crippen molar-refractivity contribution in [2.75, 3.05) is 0 Å². The molecule has 4 heteroatoms. The minimum absolute atomic E-state index is 0.183. The smallest absolute Gasteiger partial charge is 0.328 e. The van der Waals surface area contributed by atoms with E-state index >= 15 is 0 Å². The van der Waals surface area contributed by atoms with Gasteiger partial charge in [-0.1, -0.05) is 93.0 Å². The molecule has 0 saturated heterocycles. The minimum atomic E-state index is -0.964. The van der Waals surface area contributed by atoms with Gasteiger partial charge in [0.1, 0.15) is 0 Å². The van der Waals surface area contributed by atoms with Crippen molar-refractivity contribution in [3.63, 3.8) is 0 Å². The van der Waals surface area contributed by atoms with E-state index in [1.165, 1.54) is 6.08 Å². The Morgan fingerprint density at radius 3 is 1.81 bits per heavy atom. The number of unbranched alkanes of at least 4 members (excludes halogenated alkanes) is 2. The van der Waals surface area contributed by atoms with Crippen LogP contribution in [0.2, 0.25) is 0 Å². The lowest BCUT2D eigenvalue weighted by Crippen LogP contribution is -2.04. The van der Waals surface area contributed by atoms with Gasteiger partial charge in [-0.25, -0.2) is 4.79 Å². The lowest BCUT2D eigenvalue weighted by Gasteiger charge is -2.08. The molecule has 0 fully saturated rings. The number of rotatable bonds is 14. The highest BCUT2D eigenvalue weighted by atomic mass is 16.4. The van der Waals surface area contributed by atoms with Gasteiger partial charge in [0, 0.05) is 6.08 Å². The number of hydrogen-bond donors (Lipinski definition) is 3. The molecule has 0 saturated carbocycles. The van der Waals surface area contributed by atoms with Gasteiger partial charge in [0.15, 0.2) is 0 Å². The predicted octanol–water partition coefficient (Wildman–Crippen LogP) is 4.49. The number of hydrogen-bond acceptors (Lipinski definition) is 3. The van der Waals surface area contributed by atoms with E-state index in [9.17, 15) is 15.0 Å². The van der Waals surface area contributed by atoms with Crippen molar-refractivity contribution in [3.05, 3.63) is 72.9 Å². The molecule has 0 aromatic carbocycles. The third-order valence-corrected chi connectivity index (χ3v) is 3.58. The molecule has 0 amide bonds. The third-order valence-electron chi connectivity index (χ3n) is 3.58. The monoisotopic (exact) mass is 360 g/mol. The van der Waals surface area contributed by atoms with Gasteiger partial charge in [-0.15, -0.1) is 0 Å². The van der Waals surface area contributed by atoms with E-state index in [2.05, 4.69) is 0 Å². The molecule has 144 valence electrons. The van der Waals surface area contributed by atoms with Crippen LogP contribution in [-0.2, 0) is 4.79 Å². The Morgan fingerprint density at radius 2 is 1.27 bits per heavy atom. The summed E-state index contributed by atoms with van der Waals surface area (Å²) in [5, 5.41) is 27.7. The maximum absolute atomic E-state index is 10.2. The molecule has 0 aromatic heterocycles. The van der Waals surface area contributed by atoms with Crippen molar-refractivity contribution in [1.82, 2.24) is 0 Å². The van der Waals surface area contributed by atoms with Crippen molar-refractivity contribution < 1.29 is 20.1 Å². The van der Waals surface area contributed by atoms with E-state index in [4.69, 9.17) is 5.11 Å². The Bertz CT molecular complexity index is 524. The number of aliphatic carboxylic acids is 1. The Hall–Kier alpha value is -2.17. The number of allylic oxidation sites excluding steroid dienone is 10. The number of carbonyl (C=O) groups is 1. The molecule has 0 spiro atoms. The highest BCUT2D eigenvalue weighted by Gasteiger charge is 2.01. The van der Waals surface area contributed by atoms with E-state index in [0.717, 1.165) is 44.6 Å². The van der Waals surface area contributed by atoms with Crippen LogP contribution in [0.25, 0.3) is 0 Å². The largest absolute Gasteiger partial charge is 0.478 e. The molecule has 4 nitrogen and oxygen atoms in total. The molecule has 0 heterocycles. The first kappa shape index (κ1) is 23.8. The van der Waals surface area contributed by atoms with Crippen molar-refractivity contribution >= 4 is 5.97 Å². The second-order valence-electron chi connectivity index (χ2n) is 5.89. The van der Waals surface area contributed by atoms with E-state index < -0.39 is 12.1 Å². The second-order valence-corrected chi connectivity index (χ2v) is 5.89. The Kier molecular flexibility index (Phi) is 16.2. The summed E-state index contributed by atoms with van der Waals surface area (Å²) in [6.07, 6.45) is 25.4. The average molecular weight is 360 g/mol. The van der Waals surface area contributed by atoms with Crippen molar-refractivity contribution in [2.24, 2.45) is 0 Å². The maximum atomic E-state index is 10.2. The predicted molar refractivity (Wildman–Crippen MR) is 108 cm³/mol. The number of aliphatic hydroxyl groups is 2. The van der Waals surface area contributed by atoms with Crippen LogP contribution >= 0.6 is 0 Å². The zero-order valence-electron chi connectivity index (χ0n) is 15.6. The zero-order chi connectivity index (χ0) is 19.5. The SMILES string of the molecule is CCC(O)CCCCCC(O)/C=C/C=C/C=C/C=C/C=C/C=C/C(=O)O. The standard InChI is InChI=1S/C22H32O4/c1-2-20(23)16-13-11-14-18-21(24)17-12-9-7-5-3-4-6-8-10-15-19-22(25)26/h3-10,12,15,17,19-21,23-24H,2,11,13-14,16,18H2,1H3,(H,25,26)/b5-3+,6-4+,9-7+,10-8+,17-12+,19-15+. The van der Waals surface area contributed by atoms with Crippen LogP contribution in [0.3, 0.4) is 0 Å². The van der Waals surface area contributed by atoms with Crippen molar-refractivity contribution in [3.8, 4) is 0 Å². The molecule has 0 aliphatic heterocycles. The summed E-state index contributed by atoms with van der Waals surface area (Å²) in [6, 6.07) is 0. The third kappa shape index (κ3) is 18.2. The fraction of sp³-hybridized carbons (Fsp3) is 0.409. The van der Waals surface area contributed by atoms with E-state index in [1.54, 1.807) is 24.3 Å². The summed E-state index contributed by atoms with van der Waals surface area (Å²) >= 11 is 0. The van der Waals surface area contributed by atoms with Crippen LogP contribution in [0, 0.1) is 0 Å². The molecular formula is C22H32O4. The number of carboxylic acid groups (broad SMARTS) is 1. The average Bonchev–Trinajstić information content (AvgIpc) is 2.61. The van der Waals surface area contributed by atoms with Gasteiger partial charge < -0.3 is 15.3 Å². The lowest BCUT2D eigenvalue weighted by molar-refractivity contribution is -0.131. The van der Waals surface area contributed by atoms with E-state index in [-0.39, 0.29) is 6.10 Å². The summed E-state index contributed by atoms with van der Waals surface area (Å²) < 4.78 is 0.